The van der Waals surface area contributed by atoms with E-state index in [1.165, 1.54) is 8.61 Å². The molecular formula is C13H24N6O2S. The van der Waals surface area contributed by atoms with Crippen molar-refractivity contribution in [1.29, 1.82) is 0 Å². The lowest BCUT2D eigenvalue weighted by atomic mass is 10.2. The summed E-state index contributed by atoms with van der Waals surface area (Å²) in [7, 11) is 3.26. The average molecular weight is 328 g/mol. The number of nitrogens with zero attached hydrogens (tertiary/aromatic N) is 4. The van der Waals surface area contributed by atoms with Crippen molar-refractivity contribution in [3.63, 3.8) is 0 Å². The van der Waals surface area contributed by atoms with Crippen LogP contribution in [0.3, 0.4) is 0 Å². The summed E-state index contributed by atoms with van der Waals surface area (Å²) in [6.45, 7) is 1.11. The summed E-state index contributed by atoms with van der Waals surface area (Å²) in [4.78, 5) is 9.00. The molecular weight excluding hydrogens is 304 g/mol. The zero-order chi connectivity index (χ0) is 16.3. The molecule has 1 aliphatic rings. The minimum atomic E-state index is -3.47. The first-order valence-corrected chi connectivity index (χ1v) is 8.69. The first-order valence-electron chi connectivity index (χ1n) is 7.29. The Morgan fingerprint density at radius 3 is 2.68 bits per heavy atom. The quantitative estimate of drug-likeness (QED) is 0.774. The van der Waals surface area contributed by atoms with Gasteiger partial charge < -0.3 is 10.6 Å². The van der Waals surface area contributed by atoms with Gasteiger partial charge in [0.05, 0.1) is 11.7 Å². The Bertz CT molecular complexity index is 619. The van der Waals surface area contributed by atoms with Gasteiger partial charge in [0.15, 0.2) is 0 Å². The van der Waals surface area contributed by atoms with Crippen molar-refractivity contribution in [3.8, 4) is 0 Å². The van der Waals surface area contributed by atoms with Crippen LogP contribution < -0.4 is 10.6 Å². The number of nitrogens with one attached hydrogen (secondary N) is 2. The summed E-state index contributed by atoms with van der Waals surface area (Å²) in [6.07, 6.45) is 1.55. The van der Waals surface area contributed by atoms with Crippen LogP contribution in [-0.4, -0.2) is 61.7 Å². The topological polar surface area (TPSA) is 90.5 Å². The summed E-state index contributed by atoms with van der Waals surface area (Å²) in [5, 5.41) is 6.06. The van der Waals surface area contributed by atoms with Crippen LogP contribution in [0, 0.1) is 0 Å². The largest absolute Gasteiger partial charge is 0.373 e. The van der Waals surface area contributed by atoms with E-state index in [1.807, 2.05) is 13.1 Å². The predicted molar refractivity (Wildman–Crippen MR) is 85.6 cm³/mol. The van der Waals surface area contributed by atoms with Gasteiger partial charge in [0, 0.05) is 40.3 Å². The number of hydrogen-bond acceptors (Lipinski definition) is 6. The molecule has 1 aliphatic heterocycles. The summed E-state index contributed by atoms with van der Waals surface area (Å²) < 4.78 is 27.6. The summed E-state index contributed by atoms with van der Waals surface area (Å²) in [5.74, 6) is 1.25. The molecule has 0 spiro atoms. The molecule has 0 unspecified atom stereocenters. The van der Waals surface area contributed by atoms with Gasteiger partial charge in [0.25, 0.3) is 10.2 Å². The minimum absolute atomic E-state index is 0.309. The SMILES string of the molecule is CNCc1cc(NC)nc([C@H]2CCCN2S(=O)(=O)N(C)C)n1. The highest BCUT2D eigenvalue weighted by molar-refractivity contribution is 7.86. The highest BCUT2D eigenvalue weighted by Crippen LogP contribution is 2.33. The van der Waals surface area contributed by atoms with Gasteiger partial charge in [-0.05, 0) is 19.9 Å². The number of aromatic nitrogens is 2. The predicted octanol–water partition coefficient (Wildman–Crippen LogP) is 0.181. The van der Waals surface area contributed by atoms with Gasteiger partial charge >= 0.3 is 0 Å². The molecule has 2 rings (SSSR count). The van der Waals surface area contributed by atoms with Crippen LogP contribution in [-0.2, 0) is 16.8 Å². The van der Waals surface area contributed by atoms with Crippen molar-refractivity contribution < 1.29 is 8.42 Å². The van der Waals surface area contributed by atoms with E-state index in [9.17, 15) is 8.42 Å². The Balaban J connectivity index is 2.39. The van der Waals surface area contributed by atoms with Crippen molar-refractivity contribution >= 4 is 16.0 Å². The molecule has 0 saturated carbocycles. The van der Waals surface area contributed by atoms with Gasteiger partial charge in [-0.1, -0.05) is 0 Å². The second-order valence-electron chi connectivity index (χ2n) is 5.44. The lowest BCUT2D eigenvalue weighted by molar-refractivity contribution is 0.352. The maximum atomic E-state index is 12.4. The van der Waals surface area contributed by atoms with Gasteiger partial charge in [-0.25, -0.2) is 9.97 Å². The smallest absolute Gasteiger partial charge is 0.282 e. The molecule has 0 amide bonds. The molecule has 1 aromatic heterocycles. The maximum absolute atomic E-state index is 12.4. The highest BCUT2D eigenvalue weighted by Gasteiger charge is 2.38. The van der Waals surface area contributed by atoms with Crippen LogP contribution >= 0.6 is 0 Å². The zero-order valence-corrected chi connectivity index (χ0v) is 14.3. The van der Waals surface area contributed by atoms with Crippen LogP contribution in [0.15, 0.2) is 6.07 Å². The lowest BCUT2D eigenvalue weighted by Crippen LogP contribution is -2.40. The van der Waals surface area contributed by atoms with Crippen LogP contribution in [0.2, 0.25) is 0 Å². The van der Waals surface area contributed by atoms with E-state index >= 15 is 0 Å². The van der Waals surface area contributed by atoms with Crippen molar-refractivity contribution in [2.24, 2.45) is 0 Å². The molecule has 8 nitrogen and oxygen atoms in total. The van der Waals surface area contributed by atoms with E-state index in [-0.39, 0.29) is 6.04 Å². The van der Waals surface area contributed by atoms with Crippen LogP contribution in [0.1, 0.15) is 30.4 Å². The van der Waals surface area contributed by atoms with Gasteiger partial charge in [-0.3, -0.25) is 0 Å². The van der Waals surface area contributed by atoms with Gasteiger partial charge in [-0.15, -0.1) is 0 Å². The molecule has 1 atom stereocenters. The first-order chi connectivity index (χ1) is 10.4. The first kappa shape index (κ1) is 17.1. The molecule has 1 saturated heterocycles. The fraction of sp³-hybridized carbons (Fsp3) is 0.692. The van der Waals surface area contributed by atoms with E-state index in [0.29, 0.717) is 24.7 Å². The number of anilines is 1. The second kappa shape index (κ2) is 6.86. The fourth-order valence-corrected chi connectivity index (χ4v) is 3.85. The van der Waals surface area contributed by atoms with Crippen LogP contribution in [0.4, 0.5) is 5.82 Å². The highest BCUT2D eigenvalue weighted by atomic mass is 32.2. The van der Waals surface area contributed by atoms with Crippen molar-refractivity contribution in [1.82, 2.24) is 23.9 Å². The molecule has 1 fully saturated rings. The number of rotatable bonds is 6. The molecule has 9 heteroatoms. The second-order valence-corrected chi connectivity index (χ2v) is 7.54. The third-order valence-electron chi connectivity index (χ3n) is 3.67. The van der Waals surface area contributed by atoms with E-state index in [4.69, 9.17) is 0 Å². The monoisotopic (exact) mass is 328 g/mol. The van der Waals surface area contributed by atoms with E-state index < -0.39 is 10.2 Å². The molecule has 1 aromatic rings. The lowest BCUT2D eigenvalue weighted by Gasteiger charge is -2.26. The van der Waals surface area contributed by atoms with E-state index in [0.717, 1.165) is 18.5 Å². The summed E-state index contributed by atoms with van der Waals surface area (Å²) in [6, 6.07) is 1.55. The Kier molecular flexibility index (Phi) is 5.32. The molecule has 2 heterocycles. The normalized spacial score (nSPS) is 19.8. The minimum Gasteiger partial charge on any atom is -0.373 e. The Hall–Kier alpha value is -1.29. The zero-order valence-electron chi connectivity index (χ0n) is 13.5. The third kappa shape index (κ3) is 3.37. The van der Waals surface area contributed by atoms with Crippen LogP contribution in [0.5, 0.6) is 0 Å². The Morgan fingerprint density at radius 2 is 2.09 bits per heavy atom. The summed E-state index contributed by atoms with van der Waals surface area (Å²) in [5.41, 5.74) is 0.839. The van der Waals surface area contributed by atoms with E-state index in [1.54, 1.807) is 21.1 Å². The van der Waals surface area contributed by atoms with Crippen molar-refractivity contribution in [3.05, 3.63) is 17.6 Å². The third-order valence-corrected chi connectivity index (χ3v) is 5.62. The van der Waals surface area contributed by atoms with Gasteiger partial charge in [0.2, 0.25) is 0 Å². The number of hydrogen-bond donors (Lipinski definition) is 2. The van der Waals surface area contributed by atoms with E-state index in [2.05, 4.69) is 20.6 Å². The molecule has 0 radical (unpaired) electrons. The Labute approximate surface area is 132 Å². The Morgan fingerprint density at radius 1 is 1.36 bits per heavy atom. The van der Waals surface area contributed by atoms with Crippen molar-refractivity contribution in [2.75, 3.05) is 40.1 Å². The molecule has 2 N–H and O–H groups in total. The molecule has 0 aromatic carbocycles. The standard InChI is InChI=1S/C13H24N6O2S/c1-14-9-10-8-12(15-2)17-13(16-10)11-6-5-7-19(11)22(20,21)18(3)4/h8,11,14H,5-7,9H2,1-4H3,(H,15,16,17)/t11-/m1/s1. The molecule has 22 heavy (non-hydrogen) atoms. The molecule has 0 bridgehead atoms. The van der Waals surface area contributed by atoms with Gasteiger partial charge in [-0.2, -0.15) is 17.0 Å². The maximum Gasteiger partial charge on any atom is 0.282 e. The van der Waals surface area contributed by atoms with Crippen molar-refractivity contribution in [2.45, 2.75) is 25.4 Å². The fourth-order valence-electron chi connectivity index (χ4n) is 2.55. The van der Waals surface area contributed by atoms with Gasteiger partial charge in [0.1, 0.15) is 11.6 Å². The molecule has 124 valence electrons. The molecule has 0 aliphatic carbocycles. The summed E-state index contributed by atoms with van der Waals surface area (Å²) >= 11 is 0. The van der Waals surface area contributed by atoms with Crippen LogP contribution in [0.25, 0.3) is 0 Å². The average Bonchev–Trinajstić information content (AvgIpc) is 2.97.